The highest BCUT2D eigenvalue weighted by Crippen LogP contribution is 2.38. The summed E-state index contributed by atoms with van der Waals surface area (Å²) in [6.07, 6.45) is -1.18. The number of hydrogen-bond donors (Lipinski definition) is 1. The number of carboxylic acids is 1. The Morgan fingerprint density at radius 1 is 1.00 bits per heavy atom. The minimum absolute atomic E-state index is 0.0620. The largest absolute Gasteiger partial charge is 0.481 e. The lowest BCUT2D eigenvalue weighted by atomic mass is 10.0. The number of thioether (sulfide) groups is 1. The molecule has 0 fully saturated rings. The van der Waals surface area contributed by atoms with Crippen molar-refractivity contribution in [3.05, 3.63) is 112 Å². The molecule has 4 nitrogen and oxygen atoms in total. The molecule has 1 atom stereocenters. The molecule has 1 unspecified atom stereocenters. The Bertz CT molecular complexity index is 1450. The van der Waals surface area contributed by atoms with E-state index in [0.717, 1.165) is 39.4 Å². The summed E-state index contributed by atoms with van der Waals surface area (Å²) in [7, 11) is 0. The van der Waals surface area contributed by atoms with Crippen molar-refractivity contribution in [1.29, 1.82) is 0 Å². The van der Waals surface area contributed by atoms with Crippen LogP contribution in [0.25, 0.3) is 5.69 Å². The van der Waals surface area contributed by atoms with Gasteiger partial charge >= 0.3 is 12.1 Å². The Hall–Kier alpha value is -3.59. The second-order valence-corrected chi connectivity index (χ2v) is 10.8. The number of aliphatic carboxylic acids is 1. The molecule has 39 heavy (non-hydrogen) atoms. The summed E-state index contributed by atoms with van der Waals surface area (Å²) in [5.74, 6) is -1.13. The zero-order valence-electron chi connectivity index (χ0n) is 21.5. The first kappa shape index (κ1) is 28.4. The third-order valence-corrected chi connectivity index (χ3v) is 7.68. The van der Waals surface area contributed by atoms with Crippen molar-refractivity contribution in [1.82, 2.24) is 9.78 Å². The average Bonchev–Trinajstić information content (AvgIpc) is 3.32. The Labute approximate surface area is 228 Å². The van der Waals surface area contributed by atoms with Gasteiger partial charge in [-0.3, -0.25) is 4.79 Å². The maximum absolute atomic E-state index is 14.3. The van der Waals surface area contributed by atoms with E-state index in [0.29, 0.717) is 30.5 Å². The van der Waals surface area contributed by atoms with Crippen LogP contribution in [0.5, 0.6) is 0 Å². The van der Waals surface area contributed by atoms with Gasteiger partial charge in [-0.05, 0) is 92.3 Å². The summed E-state index contributed by atoms with van der Waals surface area (Å²) in [6.45, 7) is 3.98. The second kappa shape index (κ2) is 12.1. The number of aryl methyl sites for hydroxylation is 4. The molecule has 204 valence electrons. The van der Waals surface area contributed by atoms with Crippen LogP contribution in [-0.2, 0) is 30.2 Å². The van der Waals surface area contributed by atoms with Crippen LogP contribution < -0.4 is 0 Å². The van der Waals surface area contributed by atoms with Crippen LogP contribution in [0.15, 0.2) is 77.8 Å². The molecule has 1 heterocycles. The number of benzene rings is 3. The van der Waals surface area contributed by atoms with Crippen LogP contribution in [0.4, 0.5) is 17.6 Å². The van der Waals surface area contributed by atoms with Gasteiger partial charge < -0.3 is 5.11 Å². The van der Waals surface area contributed by atoms with Gasteiger partial charge in [0, 0.05) is 28.3 Å². The lowest BCUT2D eigenvalue weighted by molar-refractivity contribution is -0.138. The van der Waals surface area contributed by atoms with Crippen LogP contribution in [-0.4, -0.2) is 20.9 Å². The van der Waals surface area contributed by atoms with E-state index in [9.17, 15) is 22.4 Å². The minimum atomic E-state index is -4.43. The minimum Gasteiger partial charge on any atom is -0.481 e. The molecular formula is C30H28F4N2O2S. The number of halogens is 4. The second-order valence-electron chi connectivity index (χ2n) is 9.35. The molecule has 0 saturated carbocycles. The van der Waals surface area contributed by atoms with Gasteiger partial charge in [0.1, 0.15) is 5.82 Å². The fourth-order valence-electron chi connectivity index (χ4n) is 4.38. The van der Waals surface area contributed by atoms with Gasteiger partial charge in [-0.25, -0.2) is 9.07 Å². The van der Waals surface area contributed by atoms with Crippen molar-refractivity contribution >= 4 is 17.7 Å². The number of carboxylic acid groups (broad SMARTS) is 1. The molecule has 1 N–H and O–H groups in total. The Balaban J connectivity index is 1.60. The molecule has 0 radical (unpaired) electrons. The summed E-state index contributed by atoms with van der Waals surface area (Å²) in [4.78, 5) is 11.9. The summed E-state index contributed by atoms with van der Waals surface area (Å²) in [5, 5.41) is 13.6. The standard InChI is InChI=1S/C30H28F4N2O2S/c1-19-17-25(14-7-21(19)9-16-29(37)38)39-20(2)26-18-36(24-12-10-23(11-13-24)30(32,33)34)35-28(26)15-8-22-5-3-4-6-27(22)31/h3-7,10-14,17-18,20H,8-9,15-16H2,1-2H3,(H,37,38). The fraction of sp³-hybridized carbons (Fsp3) is 0.267. The van der Waals surface area contributed by atoms with Crippen LogP contribution in [0.1, 0.15) is 52.1 Å². The van der Waals surface area contributed by atoms with Crippen molar-refractivity contribution in [2.24, 2.45) is 0 Å². The number of hydrogen-bond acceptors (Lipinski definition) is 3. The van der Waals surface area contributed by atoms with Gasteiger partial charge in [-0.2, -0.15) is 18.3 Å². The zero-order valence-corrected chi connectivity index (χ0v) is 22.3. The molecule has 0 spiro atoms. The summed E-state index contributed by atoms with van der Waals surface area (Å²) >= 11 is 1.60. The molecule has 4 aromatic rings. The van der Waals surface area contributed by atoms with E-state index in [-0.39, 0.29) is 17.5 Å². The predicted octanol–water partition coefficient (Wildman–Crippen LogP) is 7.99. The Morgan fingerprint density at radius 2 is 1.72 bits per heavy atom. The monoisotopic (exact) mass is 556 g/mol. The topological polar surface area (TPSA) is 55.1 Å². The molecule has 1 aromatic heterocycles. The molecule has 0 aliphatic carbocycles. The highest BCUT2D eigenvalue weighted by atomic mass is 32.2. The molecule has 0 amide bonds. The maximum atomic E-state index is 14.3. The zero-order chi connectivity index (χ0) is 28.2. The molecule has 3 aromatic carbocycles. The Morgan fingerprint density at radius 3 is 2.36 bits per heavy atom. The fourth-order valence-corrected chi connectivity index (χ4v) is 5.50. The van der Waals surface area contributed by atoms with E-state index in [2.05, 4.69) is 0 Å². The summed E-state index contributed by atoms with van der Waals surface area (Å²) < 4.78 is 55.0. The number of aromatic nitrogens is 2. The SMILES string of the molecule is Cc1cc(SC(C)c2cn(-c3ccc(C(F)(F)F)cc3)nc2CCc2ccccc2F)ccc1CCC(=O)O. The van der Waals surface area contributed by atoms with Gasteiger partial charge in [0.05, 0.1) is 16.9 Å². The molecule has 0 aliphatic heterocycles. The third-order valence-electron chi connectivity index (χ3n) is 6.54. The number of rotatable bonds is 10. The van der Waals surface area contributed by atoms with Gasteiger partial charge in [0.15, 0.2) is 0 Å². The van der Waals surface area contributed by atoms with Crippen molar-refractivity contribution in [2.75, 3.05) is 0 Å². The van der Waals surface area contributed by atoms with E-state index in [4.69, 9.17) is 10.2 Å². The van der Waals surface area contributed by atoms with Gasteiger partial charge in [0.25, 0.3) is 0 Å². The molecule has 4 rings (SSSR count). The average molecular weight is 557 g/mol. The lowest BCUT2D eigenvalue weighted by Gasteiger charge is -2.13. The van der Waals surface area contributed by atoms with E-state index < -0.39 is 17.7 Å². The first-order chi connectivity index (χ1) is 18.5. The highest BCUT2D eigenvalue weighted by Gasteiger charge is 2.30. The third kappa shape index (κ3) is 7.29. The number of carbonyl (C=O) groups is 1. The van der Waals surface area contributed by atoms with E-state index >= 15 is 0 Å². The highest BCUT2D eigenvalue weighted by molar-refractivity contribution is 7.99. The van der Waals surface area contributed by atoms with Gasteiger partial charge in [-0.15, -0.1) is 11.8 Å². The predicted molar refractivity (Wildman–Crippen MR) is 144 cm³/mol. The normalized spacial score (nSPS) is 12.5. The maximum Gasteiger partial charge on any atom is 0.416 e. The van der Waals surface area contributed by atoms with Gasteiger partial charge in [0.2, 0.25) is 0 Å². The van der Waals surface area contributed by atoms with Crippen molar-refractivity contribution in [3.8, 4) is 5.69 Å². The van der Waals surface area contributed by atoms with Crippen molar-refractivity contribution < 1.29 is 27.5 Å². The molecule has 0 aliphatic rings. The number of alkyl halides is 3. The van der Waals surface area contributed by atoms with Crippen LogP contribution >= 0.6 is 11.8 Å². The first-order valence-corrected chi connectivity index (χ1v) is 13.4. The smallest absolute Gasteiger partial charge is 0.416 e. The summed E-state index contributed by atoms with van der Waals surface area (Å²) in [5.41, 5.74) is 3.97. The molecule has 9 heteroatoms. The van der Waals surface area contributed by atoms with E-state index in [1.165, 1.54) is 18.2 Å². The summed E-state index contributed by atoms with van der Waals surface area (Å²) in [6, 6.07) is 17.3. The van der Waals surface area contributed by atoms with Crippen LogP contribution in [0, 0.1) is 12.7 Å². The quantitative estimate of drug-likeness (QED) is 0.159. The van der Waals surface area contributed by atoms with Crippen LogP contribution in [0.3, 0.4) is 0 Å². The van der Waals surface area contributed by atoms with Crippen molar-refractivity contribution in [2.45, 2.75) is 55.9 Å². The first-order valence-electron chi connectivity index (χ1n) is 12.5. The van der Waals surface area contributed by atoms with Gasteiger partial charge in [-0.1, -0.05) is 24.3 Å². The molecule has 0 saturated heterocycles. The Kier molecular flexibility index (Phi) is 8.80. The van der Waals surface area contributed by atoms with Crippen LogP contribution in [0.2, 0.25) is 0 Å². The van der Waals surface area contributed by atoms with E-state index in [1.54, 1.807) is 34.6 Å². The molecular weight excluding hydrogens is 528 g/mol. The van der Waals surface area contributed by atoms with E-state index in [1.807, 2.05) is 38.2 Å². The lowest BCUT2D eigenvalue weighted by Crippen LogP contribution is -2.05. The van der Waals surface area contributed by atoms with Crippen molar-refractivity contribution in [3.63, 3.8) is 0 Å². The number of nitrogens with zero attached hydrogens (tertiary/aromatic N) is 2. The molecule has 0 bridgehead atoms.